The molecule has 0 fully saturated rings. The third kappa shape index (κ3) is 6.76. The summed E-state index contributed by atoms with van der Waals surface area (Å²) in [6.45, 7) is 2.46. The van der Waals surface area contributed by atoms with Gasteiger partial charge in [-0.25, -0.2) is 0 Å². The number of hydrogen-bond acceptors (Lipinski definition) is 3. The molecule has 6 nitrogen and oxygen atoms in total. The van der Waals surface area contributed by atoms with Crippen molar-refractivity contribution in [2.75, 3.05) is 19.6 Å². The van der Waals surface area contributed by atoms with Crippen LogP contribution in [0.5, 0.6) is 0 Å². The van der Waals surface area contributed by atoms with E-state index in [0.29, 0.717) is 17.1 Å². The minimum absolute atomic E-state index is 0.0577. The summed E-state index contributed by atoms with van der Waals surface area (Å²) in [5, 5.41) is 8.21. The summed E-state index contributed by atoms with van der Waals surface area (Å²) in [7, 11) is 0. The lowest BCUT2D eigenvalue weighted by Crippen LogP contribution is -2.38. The van der Waals surface area contributed by atoms with E-state index in [4.69, 9.17) is 11.6 Å². The van der Waals surface area contributed by atoms with Crippen LogP contribution in [0.4, 0.5) is 0 Å². The molecule has 0 unspecified atom stereocenters. The number of rotatable bonds is 7. The van der Waals surface area contributed by atoms with Crippen molar-refractivity contribution in [3.05, 3.63) is 34.9 Å². The number of likely N-dealkylation sites (N-methyl/N-ethyl adjacent to an activating group) is 1. The topological polar surface area (TPSA) is 87.3 Å². The fourth-order valence-corrected chi connectivity index (χ4v) is 1.65. The average molecular weight is 312 g/mol. The number of amides is 3. The third-order valence-corrected chi connectivity index (χ3v) is 2.82. The van der Waals surface area contributed by atoms with Crippen LogP contribution in [0.25, 0.3) is 0 Å². The van der Waals surface area contributed by atoms with Crippen molar-refractivity contribution >= 4 is 29.3 Å². The summed E-state index contributed by atoms with van der Waals surface area (Å²) in [5.74, 6) is -0.808. The summed E-state index contributed by atoms with van der Waals surface area (Å²) < 4.78 is 0. The quantitative estimate of drug-likeness (QED) is 0.693. The van der Waals surface area contributed by atoms with Crippen LogP contribution in [0.15, 0.2) is 24.3 Å². The van der Waals surface area contributed by atoms with E-state index in [-0.39, 0.29) is 37.2 Å². The number of hydrogen-bond donors (Lipinski definition) is 3. The molecule has 1 aromatic carbocycles. The highest BCUT2D eigenvalue weighted by Gasteiger charge is 2.07. The van der Waals surface area contributed by atoms with Crippen molar-refractivity contribution in [1.29, 1.82) is 0 Å². The van der Waals surface area contributed by atoms with E-state index in [9.17, 15) is 14.4 Å². The van der Waals surface area contributed by atoms with Gasteiger partial charge in [0.1, 0.15) is 0 Å². The van der Waals surface area contributed by atoms with Gasteiger partial charge in [-0.05, 0) is 31.2 Å². The first-order valence-electron chi connectivity index (χ1n) is 6.60. The second kappa shape index (κ2) is 8.97. The van der Waals surface area contributed by atoms with Crippen LogP contribution in [-0.2, 0) is 9.59 Å². The van der Waals surface area contributed by atoms with Crippen molar-refractivity contribution in [2.45, 2.75) is 13.3 Å². The number of benzene rings is 1. The van der Waals surface area contributed by atoms with Crippen molar-refractivity contribution in [1.82, 2.24) is 16.0 Å². The number of carbonyl (C=O) groups excluding carboxylic acids is 3. The fourth-order valence-electron chi connectivity index (χ4n) is 1.52. The lowest BCUT2D eigenvalue weighted by Gasteiger charge is -2.07. The van der Waals surface area contributed by atoms with Crippen molar-refractivity contribution in [2.24, 2.45) is 0 Å². The van der Waals surface area contributed by atoms with Crippen LogP contribution < -0.4 is 16.0 Å². The molecule has 0 heterocycles. The Kier molecular flexibility index (Phi) is 7.25. The zero-order chi connectivity index (χ0) is 15.7. The van der Waals surface area contributed by atoms with E-state index in [1.54, 1.807) is 31.2 Å². The lowest BCUT2D eigenvalue weighted by atomic mass is 10.2. The van der Waals surface area contributed by atoms with Crippen LogP contribution in [0.2, 0.25) is 5.02 Å². The summed E-state index contributed by atoms with van der Waals surface area (Å²) in [6, 6.07) is 6.45. The Labute approximate surface area is 128 Å². The predicted molar refractivity (Wildman–Crippen MR) is 80.1 cm³/mol. The van der Waals surface area contributed by atoms with Crippen molar-refractivity contribution in [3.63, 3.8) is 0 Å². The largest absolute Gasteiger partial charge is 0.355 e. The van der Waals surface area contributed by atoms with Crippen LogP contribution in [0.1, 0.15) is 23.7 Å². The standard InChI is InChI=1S/C14H18ClN3O3/c1-2-16-13(20)9-18-12(19)7-8-17-14(21)10-3-5-11(15)6-4-10/h3-6H,2,7-9H2,1H3,(H,16,20)(H,17,21)(H,18,19). The zero-order valence-corrected chi connectivity index (χ0v) is 12.5. The van der Waals surface area contributed by atoms with Crippen molar-refractivity contribution in [3.8, 4) is 0 Å². The molecule has 0 bridgehead atoms. The van der Waals surface area contributed by atoms with Gasteiger partial charge in [-0.2, -0.15) is 0 Å². The lowest BCUT2D eigenvalue weighted by molar-refractivity contribution is -0.126. The van der Waals surface area contributed by atoms with E-state index in [1.165, 1.54) is 0 Å². The molecule has 7 heteroatoms. The molecule has 3 amide bonds. The average Bonchev–Trinajstić information content (AvgIpc) is 2.46. The van der Waals surface area contributed by atoms with Crippen LogP contribution in [0, 0.1) is 0 Å². The van der Waals surface area contributed by atoms with E-state index < -0.39 is 0 Å². The molecule has 21 heavy (non-hydrogen) atoms. The highest BCUT2D eigenvalue weighted by Crippen LogP contribution is 2.09. The summed E-state index contributed by atoms with van der Waals surface area (Å²) in [5.41, 5.74) is 0.474. The van der Waals surface area contributed by atoms with Gasteiger partial charge in [0.25, 0.3) is 5.91 Å². The van der Waals surface area contributed by atoms with E-state index in [2.05, 4.69) is 16.0 Å². The normalized spacial score (nSPS) is 9.81. The van der Waals surface area contributed by atoms with Crippen LogP contribution in [-0.4, -0.2) is 37.4 Å². The maximum Gasteiger partial charge on any atom is 0.251 e. The molecular formula is C14H18ClN3O3. The minimum Gasteiger partial charge on any atom is -0.355 e. The van der Waals surface area contributed by atoms with E-state index >= 15 is 0 Å². The molecule has 0 aliphatic heterocycles. The molecule has 0 saturated heterocycles. The third-order valence-electron chi connectivity index (χ3n) is 2.56. The second-order valence-corrected chi connectivity index (χ2v) is 4.68. The van der Waals surface area contributed by atoms with Gasteiger partial charge in [0, 0.05) is 30.1 Å². The molecule has 0 aliphatic rings. The van der Waals surface area contributed by atoms with Gasteiger partial charge in [0.2, 0.25) is 11.8 Å². The predicted octanol–water partition coefficient (Wildman–Crippen LogP) is 0.712. The number of carbonyl (C=O) groups is 3. The van der Waals surface area contributed by atoms with Crippen LogP contribution in [0.3, 0.4) is 0 Å². The summed E-state index contributed by atoms with van der Waals surface area (Å²) >= 11 is 5.73. The van der Waals surface area contributed by atoms with Crippen molar-refractivity contribution < 1.29 is 14.4 Å². The first-order valence-corrected chi connectivity index (χ1v) is 6.98. The molecule has 0 spiro atoms. The SMILES string of the molecule is CCNC(=O)CNC(=O)CCNC(=O)c1ccc(Cl)cc1. The first kappa shape index (κ1) is 17.0. The first-order chi connectivity index (χ1) is 10.0. The summed E-state index contributed by atoms with van der Waals surface area (Å²) in [4.78, 5) is 34.3. The molecule has 0 aliphatic carbocycles. The van der Waals surface area contributed by atoms with E-state index in [0.717, 1.165) is 0 Å². The zero-order valence-electron chi connectivity index (χ0n) is 11.7. The second-order valence-electron chi connectivity index (χ2n) is 4.24. The highest BCUT2D eigenvalue weighted by atomic mass is 35.5. The van der Waals surface area contributed by atoms with Gasteiger partial charge >= 0.3 is 0 Å². The van der Waals surface area contributed by atoms with E-state index in [1.807, 2.05) is 0 Å². The molecule has 114 valence electrons. The molecule has 0 atom stereocenters. The molecule has 0 radical (unpaired) electrons. The summed E-state index contributed by atoms with van der Waals surface area (Å²) in [6.07, 6.45) is 0.110. The Bertz CT molecular complexity index is 503. The van der Waals surface area contributed by atoms with Crippen LogP contribution >= 0.6 is 11.6 Å². The molecule has 1 aromatic rings. The Morgan fingerprint density at radius 1 is 1.00 bits per heavy atom. The van der Waals surface area contributed by atoms with Gasteiger partial charge < -0.3 is 16.0 Å². The maximum atomic E-state index is 11.7. The van der Waals surface area contributed by atoms with Gasteiger partial charge in [-0.15, -0.1) is 0 Å². The highest BCUT2D eigenvalue weighted by molar-refractivity contribution is 6.30. The monoisotopic (exact) mass is 311 g/mol. The Morgan fingerprint density at radius 3 is 2.29 bits per heavy atom. The Hall–Kier alpha value is -2.08. The number of nitrogens with one attached hydrogen (secondary N) is 3. The minimum atomic E-state index is -0.294. The van der Waals surface area contributed by atoms with Gasteiger partial charge in [-0.1, -0.05) is 11.6 Å². The Balaban J connectivity index is 2.23. The van der Waals surface area contributed by atoms with Gasteiger partial charge in [0.05, 0.1) is 6.54 Å². The molecule has 3 N–H and O–H groups in total. The molecule has 1 rings (SSSR count). The van der Waals surface area contributed by atoms with Gasteiger partial charge in [0.15, 0.2) is 0 Å². The molecule has 0 aromatic heterocycles. The maximum absolute atomic E-state index is 11.7. The fraction of sp³-hybridized carbons (Fsp3) is 0.357. The van der Waals surface area contributed by atoms with Gasteiger partial charge in [-0.3, -0.25) is 14.4 Å². The Morgan fingerprint density at radius 2 is 1.67 bits per heavy atom. The number of halogens is 1. The molecular weight excluding hydrogens is 294 g/mol. The smallest absolute Gasteiger partial charge is 0.251 e. The molecule has 0 saturated carbocycles.